The fourth-order valence-corrected chi connectivity index (χ4v) is 2.50. The summed E-state index contributed by atoms with van der Waals surface area (Å²) < 4.78 is 5.36. The van der Waals surface area contributed by atoms with Crippen LogP contribution in [0.2, 0.25) is 0 Å². The Morgan fingerprint density at radius 3 is 3.20 bits per heavy atom. The molecule has 1 atom stereocenters. The molecule has 1 aliphatic rings. The van der Waals surface area contributed by atoms with Gasteiger partial charge < -0.3 is 25.5 Å². The lowest BCUT2D eigenvalue weighted by atomic mass is 10.1. The van der Waals surface area contributed by atoms with Gasteiger partial charge in [-0.1, -0.05) is 0 Å². The number of ether oxygens (including phenoxy) is 1. The molecule has 1 unspecified atom stereocenters. The van der Waals surface area contributed by atoms with Gasteiger partial charge in [-0.05, 0) is 18.2 Å². The number of benzene rings is 1. The van der Waals surface area contributed by atoms with Gasteiger partial charge in [0.15, 0.2) is 0 Å². The number of morpholine rings is 1. The van der Waals surface area contributed by atoms with E-state index in [1.54, 1.807) is 23.2 Å². The molecule has 1 amide bonds. The van der Waals surface area contributed by atoms with E-state index in [-0.39, 0.29) is 18.6 Å². The highest BCUT2D eigenvalue weighted by Crippen LogP contribution is 2.23. The number of anilines is 1. The molecule has 1 aliphatic heterocycles. The van der Waals surface area contributed by atoms with E-state index in [4.69, 9.17) is 15.6 Å². The molecule has 1 fully saturated rings. The summed E-state index contributed by atoms with van der Waals surface area (Å²) in [7, 11) is 0. The highest BCUT2D eigenvalue weighted by Gasteiger charge is 2.26. The van der Waals surface area contributed by atoms with Crippen LogP contribution in [0.3, 0.4) is 0 Å². The molecule has 2 aromatic rings. The molecule has 0 aliphatic carbocycles. The molecule has 1 aromatic carbocycles. The number of nitrogens with zero attached hydrogens (tertiary/aromatic N) is 1. The maximum absolute atomic E-state index is 12.6. The number of fused-ring (bicyclic) bond motifs is 1. The second kappa shape index (κ2) is 5.15. The predicted molar refractivity (Wildman–Crippen MR) is 75.4 cm³/mol. The zero-order valence-electron chi connectivity index (χ0n) is 11.0. The fourth-order valence-electron chi connectivity index (χ4n) is 2.50. The number of nitrogens with one attached hydrogen (secondary N) is 1. The van der Waals surface area contributed by atoms with E-state index in [2.05, 4.69) is 4.98 Å². The average Bonchev–Trinajstić information content (AvgIpc) is 2.89. The Bertz CT molecular complexity index is 638. The molecule has 3 rings (SSSR count). The Balaban J connectivity index is 1.90. The molecule has 20 heavy (non-hydrogen) atoms. The first kappa shape index (κ1) is 13.0. The predicted octanol–water partition coefficient (Wildman–Crippen LogP) is 0.583. The van der Waals surface area contributed by atoms with Crippen LogP contribution in [0.1, 0.15) is 10.4 Å². The second-order valence-electron chi connectivity index (χ2n) is 4.93. The van der Waals surface area contributed by atoms with Crippen molar-refractivity contribution >= 4 is 22.5 Å². The van der Waals surface area contributed by atoms with Crippen molar-refractivity contribution in [1.29, 1.82) is 0 Å². The number of amides is 1. The lowest BCUT2D eigenvalue weighted by Gasteiger charge is -2.31. The number of aliphatic hydroxyl groups excluding tert-OH is 1. The molecule has 0 radical (unpaired) electrons. The first-order valence-corrected chi connectivity index (χ1v) is 6.57. The van der Waals surface area contributed by atoms with Crippen LogP contribution in [0.5, 0.6) is 0 Å². The van der Waals surface area contributed by atoms with Crippen LogP contribution in [-0.4, -0.2) is 53.3 Å². The van der Waals surface area contributed by atoms with E-state index in [0.717, 1.165) is 10.9 Å². The summed E-state index contributed by atoms with van der Waals surface area (Å²) in [5.41, 5.74) is 7.90. The van der Waals surface area contributed by atoms with Crippen molar-refractivity contribution in [3.05, 3.63) is 30.0 Å². The molecule has 106 valence electrons. The molecule has 2 heterocycles. The molecule has 0 bridgehead atoms. The van der Waals surface area contributed by atoms with Crippen LogP contribution < -0.4 is 5.73 Å². The normalized spacial score (nSPS) is 19.4. The molecule has 1 saturated heterocycles. The van der Waals surface area contributed by atoms with Crippen molar-refractivity contribution < 1.29 is 14.6 Å². The summed E-state index contributed by atoms with van der Waals surface area (Å²) in [5.74, 6) is -0.0661. The Morgan fingerprint density at radius 2 is 2.40 bits per heavy atom. The Hall–Kier alpha value is -2.05. The third kappa shape index (κ3) is 2.23. The average molecular weight is 275 g/mol. The Kier molecular flexibility index (Phi) is 3.33. The minimum Gasteiger partial charge on any atom is -0.399 e. The highest BCUT2D eigenvalue weighted by molar-refractivity contribution is 6.07. The number of aromatic nitrogens is 1. The number of aromatic amines is 1. The van der Waals surface area contributed by atoms with Crippen molar-refractivity contribution in [3.63, 3.8) is 0 Å². The number of H-pyrrole nitrogens is 1. The van der Waals surface area contributed by atoms with Crippen LogP contribution >= 0.6 is 0 Å². The number of carbonyl (C=O) groups is 1. The Morgan fingerprint density at radius 1 is 1.55 bits per heavy atom. The molecule has 4 N–H and O–H groups in total. The van der Waals surface area contributed by atoms with E-state index in [9.17, 15) is 4.79 Å². The topological polar surface area (TPSA) is 91.6 Å². The van der Waals surface area contributed by atoms with Crippen LogP contribution in [0.15, 0.2) is 24.4 Å². The number of nitrogen functional groups attached to an aromatic ring is 1. The molecule has 6 heteroatoms. The van der Waals surface area contributed by atoms with Gasteiger partial charge in [0, 0.05) is 35.9 Å². The number of hydrogen-bond donors (Lipinski definition) is 3. The van der Waals surface area contributed by atoms with E-state index >= 15 is 0 Å². The van der Waals surface area contributed by atoms with E-state index in [1.165, 1.54) is 0 Å². The van der Waals surface area contributed by atoms with Crippen LogP contribution in [0, 0.1) is 0 Å². The van der Waals surface area contributed by atoms with Gasteiger partial charge in [-0.25, -0.2) is 0 Å². The number of hydrogen-bond acceptors (Lipinski definition) is 4. The fraction of sp³-hybridized carbons (Fsp3) is 0.357. The minimum absolute atomic E-state index is 0.0661. The molecular weight excluding hydrogens is 258 g/mol. The van der Waals surface area contributed by atoms with E-state index in [0.29, 0.717) is 30.9 Å². The number of rotatable bonds is 2. The maximum atomic E-state index is 12.6. The number of nitrogens with two attached hydrogens (primary N) is 1. The van der Waals surface area contributed by atoms with Crippen molar-refractivity contribution in [2.24, 2.45) is 0 Å². The van der Waals surface area contributed by atoms with Gasteiger partial charge in [-0.15, -0.1) is 0 Å². The first-order valence-electron chi connectivity index (χ1n) is 6.57. The Labute approximate surface area is 116 Å². The van der Waals surface area contributed by atoms with Gasteiger partial charge in [-0.3, -0.25) is 4.79 Å². The molecule has 0 spiro atoms. The van der Waals surface area contributed by atoms with Gasteiger partial charge in [-0.2, -0.15) is 0 Å². The van der Waals surface area contributed by atoms with Crippen LogP contribution in [0.4, 0.5) is 5.69 Å². The second-order valence-corrected chi connectivity index (χ2v) is 4.93. The monoisotopic (exact) mass is 275 g/mol. The first-order chi connectivity index (χ1) is 9.69. The summed E-state index contributed by atoms with van der Waals surface area (Å²) in [6, 6.07) is 5.45. The summed E-state index contributed by atoms with van der Waals surface area (Å²) in [6.45, 7) is 1.31. The largest absolute Gasteiger partial charge is 0.399 e. The van der Waals surface area contributed by atoms with Crippen molar-refractivity contribution in [2.45, 2.75) is 6.10 Å². The van der Waals surface area contributed by atoms with Crippen molar-refractivity contribution in [2.75, 3.05) is 32.0 Å². The lowest BCUT2D eigenvalue weighted by molar-refractivity contribution is -0.0446. The van der Waals surface area contributed by atoms with Gasteiger partial charge in [0.2, 0.25) is 0 Å². The smallest absolute Gasteiger partial charge is 0.256 e. The molecule has 6 nitrogen and oxygen atoms in total. The zero-order valence-corrected chi connectivity index (χ0v) is 11.0. The third-order valence-electron chi connectivity index (χ3n) is 3.57. The SMILES string of the molecule is Nc1ccc2[nH]cc(C(=O)N3CCOC(CO)C3)c2c1. The number of aliphatic hydroxyl groups is 1. The molecule has 1 aromatic heterocycles. The third-order valence-corrected chi connectivity index (χ3v) is 3.57. The van der Waals surface area contributed by atoms with Gasteiger partial charge in [0.05, 0.1) is 24.9 Å². The number of carbonyl (C=O) groups excluding carboxylic acids is 1. The zero-order chi connectivity index (χ0) is 14.1. The summed E-state index contributed by atoms with van der Waals surface area (Å²) in [4.78, 5) is 17.4. The summed E-state index contributed by atoms with van der Waals surface area (Å²) in [5, 5.41) is 9.96. The van der Waals surface area contributed by atoms with E-state index < -0.39 is 0 Å². The van der Waals surface area contributed by atoms with Gasteiger partial charge >= 0.3 is 0 Å². The molecular formula is C14H17N3O3. The van der Waals surface area contributed by atoms with Crippen LogP contribution in [0.25, 0.3) is 10.9 Å². The van der Waals surface area contributed by atoms with Gasteiger partial charge in [0.25, 0.3) is 5.91 Å². The van der Waals surface area contributed by atoms with Gasteiger partial charge in [0.1, 0.15) is 0 Å². The van der Waals surface area contributed by atoms with Crippen molar-refractivity contribution in [1.82, 2.24) is 9.88 Å². The summed E-state index contributed by atoms with van der Waals surface area (Å²) in [6.07, 6.45) is 1.40. The lowest BCUT2D eigenvalue weighted by Crippen LogP contribution is -2.46. The van der Waals surface area contributed by atoms with Crippen LogP contribution in [-0.2, 0) is 4.74 Å². The minimum atomic E-state index is -0.303. The quantitative estimate of drug-likeness (QED) is 0.699. The standard InChI is InChI=1S/C14H17N3O3/c15-9-1-2-13-11(5-9)12(6-16-13)14(19)17-3-4-20-10(7-17)8-18/h1-2,5-6,10,16,18H,3-4,7-8,15H2. The molecule has 0 saturated carbocycles. The highest BCUT2D eigenvalue weighted by atomic mass is 16.5. The van der Waals surface area contributed by atoms with Crippen molar-refractivity contribution in [3.8, 4) is 0 Å². The summed E-state index contributed by atoms with van der Waals surface area (Å²) >= 11 is 0. The van der Waals surface area contributed by atoms with E-state index in [1.807, 2.05) is 6.07 Å². The maximum Gasteiger partial charge on any atom is 0.256 e.